The second-order valence-electron chi connectivity index (χ2n) is 5.59. The van der Waals surface area contributed by atoms with Gasteiger partial charge < -0.3 is 5.32 Å². The molecule has 0 bridgehead atoms. The normalized spacial score (nSPS) is 11.2. The van der Waals surface area contributed by atoms with Crippen LogP contribution < -0.4 is 5.32 Å². The molecule has 0 unspecified atom stereocenters. The van der Waals surface area contributed by atoms with Gasteiger partial charge in [0, 0.05) is 4.88 Å². The summed E-state index contributed by atoms with van der Waals surface area (Å²) in [6.45, 7) is 15.9. The number of halogens is 3. The maximum absolute atomic E-state index is 12.8. The maximum atomic E-state index is 12.8. The first kappa shape index (κ1) is 25.2. The molecule has 0 fully saturated rings. The number of carbonyl (C=O) groups is 1. The lowest BCUT2D eigenvalue weighted by Crippen LogP contribution is -2.54. The summed E-state index contributed by atoms with van der Waals surface area (Å²) in [7, 11) is 0. The van der Waals surface area contributed by atoms with Crippen LogP contribution in [-0.2, 0) is 6.42 Å². The second-order valence-corrected chi connectivity index (χ2v) is 6.67. The van der Waals surface area contributed by atoms with Crippen LogP contribution in [0.5, 0.6) is 0 Å². The van der Waals surface area contributed by atoms with Crippen LogP contribution in [0.1, 0.15) is 88.3 Å². The summed E-state index contributed by atoms with van der Waals surface area (Å²) < 4.78 is 38.3. The van der Waals surface area contributed by atoms with Crippen molar-refractivity contribution in [1.29, 1.82) is 0 Å². The Kier molecular flexibility index (Phi) is 11.3. The van der Waals surface area contributed by atoms with Crippen LogP contribution in [0.15, 0.2) is 6.07 Å². The molecule has 0 aromatic carbocycles. The fourth-order valence-electron chi connectivity index (χ4n) is 1.74. The Morgan fingerprint density at radius 1 is 1.17 bits per heavy atom. The number of rotatable bonds is 4. The molecule has 1 N–H and O–H groups in total. The first-order valence-electron chi connectivity index (χ1n) is 8.51. The first-order chi connectivity index (χ1) is 11.0. The Hall–Kier alpha value is -1.04. The quantitative estimate of drug-likeness (QED) is 0.642. The van der Waals surface area contributed by atoms with E-state index in [1.54, 1.807) is 6.07 Å². The molecule has 0 aliphatic rings. The Morgan fingerprint density at radius 3 is 1.92 bits per heavy atom. The zero-order valence-electron chi connectivity index (χ0n) is 16.3. The van der Waals surface area contributed by atoms with Crippen LogP contribution in [-0.4, -0.2) is 17.6 Å². The Balaban J connectivity index is 0. The molecular weight excluding hydrogens is 335 g/mol. The minimum atomic E-state index is -4.48. The smallest absolute Gasteiger partial charge is 0.338 e. The highest BCUT2D eigenvalue weighted by Gasteiger charge is 2.48. The fourth-order valence-corrected chi connectivity index (χ4v) is 2.89. The lowest BCUT2D eigenvalue weighted by molar-refractivity contribution is -0.182. The number of alkyl halides is 3. The summed E-state index contributed by atoms with van der Waals surface area (Å²) in [5.74, 6) is -0.411. The largest absolute Gasteiger partial charge is 0.410 e. The van der Waals surface area contributed by atoms with Crippen LogP contribution in [0.2, 0.25) is 0 Å². The summed E-state index contributed by atoms with van der Waals surface area (Å²) in [6.07, 6.45) is -3.71. The van der Waals surface area contributed by atoms with Gasteiger partial charge in [0.2, 0.25) is 0 Å². The molecule has 1 aromatic rings. The van der Waals surface area contributed by atoms with Gasteiger partial charge in [0.05, 0.1) is 4.88 Å². The minimum absolute atomic E-state index is 0.257. The van der Waals surface area contributed by atoms with E-state index in [0.717, 1.165) is 30.7 Å². The number of hydrogen-bond donors (Lipinski definition) is 1. The third kappa shape index (κ3) is 6.83. The lowest BCUT2D eigenvalue weighted by atomic mass is 10.0. The summed E-state index contributed by atoms with van der Waals surface area (Å²) in [4.78, 5) is 13.4. The molecule has 24 heavy (non-hydrogen) atoms. The van der Waals surface area contributed by atoms with Gasteiger partial charge >= 0.3 is 6.18 Å². The van der Waals surface area contributed by atoms with Crippen molar-refractivity contribution in [3.63, 3.8) is 0 Å². The predicted molar refractivity (Wildman–Crippen MR) is 98.1 cm³/mol. The van der Waals surface area contributed by atoms with Crippen molar-refractivity contribution in [1.82, 2.24) is 5.32 Å². The number of aryl methyl sites for hydroxylation is 1. The van der Waals surface area contributed by atoms with Gasteiger partial charge in [-0.15, -0.1) is 11.3 Å². The van der Waals surface area contributed by atoms with Crippen molar-refractivity contribution in [3.8, 4) is 0 Å². The zero-order chi connectivity index (χ0) is 19.7. The molecule has 1 aromatic heterocycles. The Morgan fingerprint density at radius 2 is 1.62 bits per heavy atom. The van der Waals surface area contributed by atoms with E-state index in [1.165, 1.54) is 11.3 Å². The van der Waals surface area contributed by atoms with Crippen LogP contribution in [0.4, 0.5) is 13.2 Å². The van der Waals surface area contributed by atoms with Gasteiger partial charge in [-0.3, -0.25) is 4.79 Å². The van der Waals surface area contributed by atoms with Crippen molar-refractivity contribution in [2.45, 2.75) is 86.4 Å². The van der Waals surface area contributed by atoms with Gasteiger partial charge in [-0.1, -0.05) is 48.5 Å². The minimum Gasteiger partial charge on any atom is -0.338 e. The Labute approximate surface area is 148 Å². The van der Waals surface area contributed by atoms with E-state index >= 15 is 0 Å². The first-order valence-corrected chi connectivity index (χ1v) is 9.33. The number of thiophene rings is 1. The lowest BCUT2D eigenvalue weighted by Gasteiger charge is -2.28. The molecular formula is C18H32F3NOS. The molecule has 2 nitrogen and oxygen atoms in total. The fraction of sp³-hybridized carbons (Fsp3) is 0.722. The zero-order valence-corrected chi connectivity index (χ0v) is 17.1. The Bertz CT molecular complexity index is 491. The number of carbonyl (C=O) groups excluding carboxylic acids is 1. The molecule has 1 heterocycles. The summed E-state index contributed by atoms with van der Waals surface area (Å²) >= 11 is 1.27. The molecule has 142 valence electrons. The summed E-state index contributed by atoms with van der Waals surface area (Å²) in [5, 5.41) is 2.06. The molecule has 0 radical (unpaired) electrons. The second kappa shape index (κ2) is 10.7. The molecule has 0 atom stereocenters. The number of hydrogen-bond acceptors (Lipinski definition) is 2. The molecule has 0 spiro atoms. The average Bonchev–Trinajstić information content (AvgIpc) is 2.94. The molecule has 0 aliphatic heterocycles. The molecule has 0 aliphatic carbocycles. The van der Waals surface area contributed by atoms with Crippen LogP contribution in [0.3, 0.4) is 0 Å². The van der Waals surface area contributed by atoms with Gasteiger partial charge in [0.1, 0.15) is 5.54 Å². The third-order valence-electron chi connectivity index (χ3n) is 3.11. The molecule has 0 saturated heterocycles. The SMILES string of the molecule is CC.CC.CCc1cc(C(=O)NC(C)(C)C(F)(F)F)sc1C(C)C. The van der Waals surface area contributed by atoms with E-state index in [9.17, 15) is 18.0 Å². The van der Waals surface area contributed by atoms with Gasteiger partial charge in [-0.2, -0.15) is 13.2 Å². The summed E-state index contributed by atoms with van der Waals surface area (Å²) in [6, 6.07) is 1.70. The maximum Gasteiger partial charge on any atom is 0.410 e. The average molecular weight is 368 g/mol. The van der Waals surface area contributed by atoms with Crippen LogP contribution >= 0.6 is 11.3 Å². The molecule has 1 rings (SSSR count). The predicted octanol–water partition coefficient (Wildman–Crippen LogP) is 6.56. The highest BCUT2D eigenvalue weighted by atomic mass is 32.1. The highest BCUT2D eigenvalue weighted by molar-refractivity contribution is 7.14. The van der Waals surface area contributed by atoms with E-state index < -0.39 is 17.6 Å². The van der Waals surface area contributed by atoms with Crippen LogP contribution in [0, 0.1) is 0 Å². The number of amides is 1. The standard InChI is InChI=1S/C14H20F3NOS.2C2H6/c1-6-9-7-10(20-11(9)8(2)3)12(19)18-13(4,5)14(15,16)17;2*1-2/h7-8H,6H2,1-5H3,(H,18,19);2*1-2H3. The topological polar surface area (TPSA) is 29.1 Å². The van der Waals surface area contributed by atoms with Crippen molar-refractivity contribution in [2.75, 3.05) is 0 Å². The highest BCUT2D eigenvalue weighted by Crippen LogP contribution is 2.32. The van der Waals surface area contributed by atoms with Crippen molar-refractivity contribution in [2.24, 2.45) is 0 Å². The van der Waals surface area contributed by atoms with E-state index in [2.05, 4.69) is 5.32 Å². The van der Waals surface area contributed by atoms with Crippen molar-refractivity contribution in [3.05, 3.63) is 21.4 Å². The van der Waals surface area contributed by atoms with Gasteiger partial charge in [0.25, 0.3) is 5.91 Å². The molecule has 1 amide bonds. The van der Waals surface area contributed by atoms with E-state index in [-0.39, 0.29) is 5.92 Å². The van der Waals surface area contributed by atoms with E-state index in [1.807, 2.05) is 48.5 Å². The third-order valence-corrected chi connectivity index (χ3v) is 4.58. The molecule has 0 saturated carbocycles. The van der Waals surface area contributed by atoms with Crippen molar-refractivity contribution >= 4 is 17.2 Å². The van der Waals surface area contributed by atoms with Crippen LogP contribution in [0.25, 0.3) is 0 Å². The van der Waals surface area contributed by atoms with Crippen molar-refractivity contribution < 1.29 is 18.0 Å². The van der Waals surface area contributed by atoms with E-state index in [4.69, 9.17) is 0 Å². The van der Waals surface area contributed by atoms with E-state index in [0.29, 0.717) is 4.88 Å². The molecule has 6 heteroatoms. The van der Waals surface area contributed by atoms with Gasteiger partial charge in [0.15, 0.2) is 0 Å². The van der Waals surface area contributed by atoms with Gasteiger partial charge in [-0.05, 0) is 37.8 Å². The summed E-state index contributed by atoms with van der Waals surface area (Å²) in [5.41, 5.74) is -1.21. The number of nitrogens with one attached hydrogen (secondary N) is 1. The van der Waals surface area contributed by atoms with Gasteiger partial charge in [-0.25, -0.2) is 0 Å². The monoisotopic (exact) mass is 367 g/mol.